The van der Waals surface area contributed by atoms with E-state index in [2.05, 4.69) is 33.5 Å². The number of nitrogens with one attached hydrogen (secondary N) is 2. The number of likely N-dealkylation sites (N-methyl/N-ethyl adjacent to an activating group) is 1. The molecule has 9 heteroatoms. The number of nitrogens with zero attached hydrogens (tertiary/aromatic N) is 3. The van der Waals surface area contributed by atoms with Crippen molar-refractivity contribution in [3.63, 3.8) is 0 Å². The number of piperazine rings is 1. The van der Waals surface area contributed by atoms with Crippen molar-refractivity contribution in [2.24, 2.45) is 11.8 Å². The lowest BCUT2D eigenvalue weighted by molar-refractivity contribution is -0.168. The van der Waals surface area contributed by atoms with Crippen molar-refractivity contribution in [2.75, 3.05) is 20.1 Å². The van der Waals surface area contributed by atoms with Crippen molar-refractivity contribution in [1.29, 1.82) is 0 Å². The summed E-state index contributed by atoms with van der Waals surface area (Å²) in [6.45, 7) is 6.37. The van der Waals surface area contributed by atoms with Gasteiger partial charge < -0.3 is 15.2 Å². The number of aromatic amines is 1. The molecule has 6 rings (SSSR count). The predicted octanol–water partition coefficient (Wildman–Crippen LogP) is 1.93. The minimum Gasteiger partial charge on any atom is -0.361 e. The molecule has 2 aromatic rings. The topological polar surface area (TPSA) is 106 Å². The van der Waals surface area contributed by atoms with Gasteiger partial charge in [0.2, 0.25) is 11.8 Å². The summed E-state index contributed by atoms with van der Waals surface area (Å²) in [6, 6.07) is 4.03. The Morgan fingerprint density at radius 3 is 2.66 bits per heavy atom. The van der Waals surface area contributed by atoms with Crippen LogP contribution in [0.4, 0.5) is 0 Å². The number of rotatable bonds is 4. The van der Waals surface area contributed by atoms with Gasteiger partial charge in [-0.25, -0.2) is 0 Å². The van der Waals surface area contributed by atoms with Crippen LogP contribution < -0.4 is 5.32 Å². The molecule has 0 radical (unpaired) electrons. The van der Waals surface area contributed by atoms with Crippen LogP contribution in [0.15, 0.2) is 30.5 Å². The van der Waals surface area contributed by atoms with E-state index in [4.69, 9.17) is 0 Å². The smallest absolute Gasteiger partial charge is 0.252 e. The van der Waals surface area contributed by atoms with Gasteiger partial charge in [0.05, 0.1) is 5.92 Å². The van der Waals surface area contributed by atoms with Crippen LogP contribution >= 0.6 is 0 Å². The third-order valence-corrected chi connectivity index (χ3v) is 8.79. The quantitative estimate of drug-likeness (QED) is 0.645. The summed E-state index contributed by atoms with van der Waals surface area (Å²) in [5, 5.41) is 4.08. The normalized spacial score (nSPS) is 27.9. The minimum absolute atomic E-state index is 0.172. The van der Waals surface area contributed by atoms with Gasteiger partial charge in [0.25, 0.3) is 11.8 Å². The highest BCUT2D eigenvalue weighted by Gasteiger charge is 2.51. The molecule has 2 saturated heterocycles. The monoisotopic (exact) mass is 517 g/mol. The lowest BCUT2D eigenvalue weighted by Crippen LogP contribution is -2.67. The van der Waals surface area contributed by atoms with Crippen LogP contribution in [0.1, 0.15) is 44.7 Å². The van der Waals surface area contributed by atoms with Gasteiger partial charge in [-0.3, -0.25) is 29.0 Å². The number of fused-ring (bicyclic) bond motifs is 3. The zero-order chi connectivity index (χ0) is 26.9. The van der Waals surface area contributed by atoms with Gasteiger partial charge in [0.15, 0.2) is 0 Å². The molecule has 0 bridgehead atoms. The molecule has 4 aliphatic rings. The average Bonchev–Trinajstić information content (AvgIpc) is 3.55. The second-order valence-electron chi connectivity index (χ2n) is 11.6. The Hall–Kier alpha value is -3.46. The Morgan fingerprint density at radius 2 is 1.89 bits per heavy atom. The molecule has 0 spiro atoms. The van der Waals surface area contributed by atoms with Crippen LogP contribution in [0, 0.1) is 11.8 Å². The van der Waals surface area contributed by atoms with E-state index in [0.29, 0.717) is 19.5 Å². The van der Waals surface area contributed by atoms with E-state index >= 15 is 0 Å². The number of imide groups is 1. The molecule has 38 heavy (non-hydrogen) atoms. The molecule has 200 valence electrons. The average molecular weight is 518 g/mol. The van der Waals surface area contributed by atoms with Crippen LogP contribution in [0.3, 0.4) is 0 Å². The summed E-state index contributed by atoms with van der Waals surface area (Å²) in [6.07, 6.45) is 6.32. The van der Waals surface area contributed by atoms with Gasteiger partial charge in [0.1, 0.15) is 18.1 Å². The highest BCUT2D eigenvalue weighted by atomic mass is 16.2. The fourth-order valence-electron chi connectivity index (χ4n) is 6.90. The Bertz CT molecular complexity index is 1380. The summed E-state index contributed by atoms with van der Waals surface area (Å²) in [5.74, 6) is -1.93. The van der Waals surface area contributed by atoms with E-state index in [1.807, 2.05) is 33.0 Å². The lowest BCUT2D eigenvalue weighted by Gasteiger charge is -2.43. The Labute approximate surface area is 222 Å². The Kier molecular flexibility index (Phi) is 5.94. The molecule has 3 aliphatic heterocycles. The zero-order valence-corrected chi connectivity index (χ0v) is 22.4. The third-order valence-electron chi connectivity index (χ3n) is 8.79. The Morgan fingerprint density at radius 1 is 1.11 bits per heavy atom. The van der Waals surface area contributed by atoms with E-state index in [-0.39, 0.29) is 29.7 Å². The summed E-state index contributed by atoms with van der Waals surface area (Å²) in [5.41, 5.74) is 4.65. The molecule has 1 aromatic carbocycles. The number of benzene rings is 1. The number of carbonyl (C=O) groups is 4. The van der Waals surface area contributed by atoms with Crippen molar-refractivity contribution >= 4 is 40.1 Å². The van der Waals surface area contributed by atoms with Gasteiger partial charge >= 0.3 is 0 Å². The van der Waals surface area contributed by atoms with E-state index < -0.39 is 30.0 Å². The first kappa shape index (κ1) is 24.9. The highest BCUT2D eigenvalue weighted by Crippen LogP contribution is 2.40. The standard InChI is InChI=1S/C29H35N5O4/c1-15(2)25-29(38)33-10-6-9-22(33)28(37)34(25)27(36)16(3)31-26(35)18-11-20-19-7-5-8-21-24(19)17(13-30-21)12-23(20)32(4)14-18/h5,7-8,11,13,15-16,18,22-23,25,30H,6,9-10,12,14H2,1-4H3,(H,31,35)/t16-,18+,22?,23+,25?/m0/s1. The molecule has 2 N–H and O–H groups in total. The lowest BCUT2D eigenvalue weighted by atomic mass is 9.80. The van der Waals surface area contributed by atoms with Crippen LogP contribution in [-0.2, 0) is 25.6 Å². The summed E-state index contributed by atoms with van der Waals surface area (Å²) < 4.78 is 0. The van der Waals surface area contributed by atoms with Crippen LogP contribution in [-0.4, -0.2) is 87.6 Å². The fraction of sp³-hybridized carbons (Fsp3) is 0.517. The van der Waals surface area contributed by atoms with Crippen molar-refractivity contribution in [2.45, 2.75) is 64.2 Å². The number of amides is 4. The molecule has 1 aromatic heterocycles. The molecule has 9 nitrogen and oxygen atoms in total. The van der Waals surface area contributed by atoms with Gasteiger partial charge in [0, 0.05) is 36.2 Å². The van der Waals surface area contributed by atoms with Crippen molar-refractivity contribution in [3.05, 3.63) is 41.6 Å². The Balaban J connectivity index is 1.24. The summed E-state index contributed by atoms with van der Waals surface area (Å²) in [7, 11) is 2.03. The molecular formula is C29H35N5O4. The predicted molar refractivity (Wildman–Crippen MR) is 143 cm³/mol. The van der Waals surface area contributed by atoms with Gasteiger partial charge in [-0.05, 0) is 61.9 Å². The number of hydrogen-bond acceptors (Lipinski definition) is 5. The highest BCUT2D eigenvalue weighted by molar-refractivity contribution is 6.09. The SMILES string of the molecule is CC(C)C1C(=O)N2CCCC2C(=O)N1C(=O)[C@H](C)NC(=O)[C@@H]1C=C2c3cccc4[nH]cc(c34)C[C@H]2N(C)C1. The first-order valence-corrected chi connectivity index (χ1v) is 13.7. The second kappa shape index (κ2) is 9.08. The van der Waals surface area contributed by atoms with Crippen molar-refractivity contribution in [3.8, 4) is 0 Å². The van der Waals surface area contributed by atoms with Crippen molar-refractivity contribution < 1.29 is 19.2 Å². The zero-order valence-electron chi connectivity index (χ0n) is 22.4. The van der Waals surface area contributed by atoms with Gasteiger partial charge in [-0.1, -0.05) is 32.1 Å². The van der Waals surface area contributed by atoms with Gasteiger partial charge in [-0.15, -0.1) is 0 Å². The summed E-state index contributed by atoms with van der Waals surface area (Å²) >= 11 is 0. The fourth-order valence-corrected chi connectivity index (χ4v) is 6.90. The largest absolute Gasteiger partial charge is 0.361 e. The van der Waals surface area contributed by atoms with Gasteiger partial charge in [-0.2, -0.15) is 0 Å². The molecule has 4 amide bonds. The van der Waals surface area contributed by atoms with Crippen molar-refractivity contribution in [1.82, 2.24) is 25.0 Å². The minimum atomic E-state index is -0.930. The molecule has 5 atom stereocenters. The number of hydrogen-bond donors (Lipinski definition) is 2. The maximum atomic E-state index is 13.6. The first-order valence-electron chi connectivity index (χ1n) is 13.7. The molecule has 4 heterocycles. The summed E-state index contributed by atoms with van der Waals surface area (Å²) in [4.78, 5) is 61.9. The molecule has 1 aliphatic carbocycles. The second-order valence-corrected chi connectivity index (χ2v) is 11.6. The molecule has 2 fully saturated rings. The molecule has 0 saturated carbocycles. The third kappa shape index (κ3) is 3.70. The van der Waals surface area contributed by atoms with E-state index in [1.54, 1.807) is 11.8 Å². The van der Waals surface area contributed by atoms with Crippen LogP contribution in [0.5, 0.6) is 0 Å². The first-order chi connectivity index (χ1) is 18.2. The maximum absolute atomic E-state index is 13.6. The van der Waals surface area contributed by atoms with E-state index in [9.17, 15) is 19.2 Å². The number of carbonyl (C=O) groups excluding carboxylic acids is 4. The molecular weight excluding hydrogens is 482 g/mol. The van der Waals surface area contributed by atoms with E-state index in [0.717, 1.165) is 34.4 Å². The molecule has 2 unspecified atom stereocenters. The van der Waals surface area contributed by atoms with E-state index in [1.165, 1.54) is 10.9 Å². The van der Waals surface area contributed by atoms with Crippen LogP contribution in [0.25, 0.3) is 16.5 Å². The van der Waals surface area contributed by atoms with Crippen LogP contribution in [0.2, 0.25) is 0 Å². The number of H-pyrrole nitrogens is 1. The number of aromatic nitrogens is 1. The maximum Gasteiger partial charge on any atom is 0.252 e.